The van der Waals surface area contributed by atoms with Crippen molar-refractivity contribution >= 4 is 58.9 Å². The zero-order chi connectivity index (χ0) is 15.6. The SMILES string of the molecule is Nc1cc(F)c(Br)cc1S(=O)(=O)NCCc1ccc(Br)s1. The second-order valence-electron chi connectivity index (χ2n) is 4.16. The number of halogens is 3. The Balaban J connectivity index is 2.10. The summed E-state index contributed by atoms with van der Waals surface area (Å²) >= 11 is 7.84. The number of nitrogen functional groups attached to an aromatic ring is 1. The number of anilines is 1. The number of rotatable bonds is 5. The Morgan fingerprint density at radius 2 is 2.00 bits per heavy atom. The van der Waals surface area contributed by atoms with Gasteiger partial charge in [0.2, 0.25) is 10.0 Å². The summed E-state index contributed by atoms with van der Waals surface area (Å²) in [6.45, 7) is 0.240. The van der Waals surface area contributed by atoms with Crippen LogP contribution in [0.5, 0.6) is 0 Å². The minimum atomic E-state index is -3.77. The van der Waals surface area contributed by atoms with Gasteiger partial charge in [0.15, 0.2) is 0 Å². The lowest BCUT2D eigenvalue weighted by atomic mass is 10.3. The lowest BCUT2D eigenvalue weighted by molar-refractivity contribution is 0.581. The van der Waals surface area contributed by atoms with Crippen LogP contribution in [-0.4, -0.2) is 15.0 Å². The van der Waals surface area contributed by atoms with Crippen LogP contribution in [0.2, 0.25) is 0 Å². The van der Waals surface area contributed by atoms with E-state index in [4.69, 9.17) is 5.73 Å². The third kappa shape index (κ3) is 4.26. The highest BCUT2D eigenvalue weighted by atomic mass is 79.9. The summed E-state index contributed by atoms with van der Waals surface area (Å²) < 4.78 is 41.1. The third-order valence-electron chi connectivity index (χ3n) is 2.63. The van der Waals surface area contributed by atoms with Gasteiger partial charge >= 0.3 is 0 Å². The van der Waals surface area contributed by atoms with Gasteiger partial charge in [-0.25, -0.2) is 17.5 Å². The van der Waals surface area contributed by atoms with Crippen molar-refractivity contribution in [3.63, 3.8) is 0 Å². The molecule has 4 nitrogen and oxygen atoms in total. The largest absolute Gasteiger partial charge is 0.398 e. The first-order valence-electron chi connectivity index (χ1n) is 5.78. The van der Waals surface area contributed by atoms with E-state index in [-0.39, 0.29) is 21.6 Å². The van der Waals surface area contributed by atoms with Crippen LogP contribution >= 0.6 is 43.2 Å². The molecule has 0 spiro atoms. The number of sulfonamides is 1. The van der Waals surface area contributed by atoms with Crippen molar-refractivity contribution in [3.05, 3.63) is 43.2 Å². The maximum Gasteiger partial charge on any atom is 0.242 e. The molecule has 114 valence electrons. The topological polar surface area (TPSA) is 72.2 Å². The van der Waals surface area contributed by atoms with E-state index in [2.05, 4.69) is 36.6 Å². The molecule has 1 aromatic heterocycles. The van der Waals surface area contributed by atoms with Crippen molar-refractivity contribution in [2.75, 3.05) is 12.3 Å². The van der Waals surface area contributed by atoms with Gasteiger partial charge in [0.25, 0.3) is 0 Å². The molecule has 0 aliphatic rings. The van der Waals surface area contributed by atoms with Gasteiger partial charge in [-0.15, -0.1) is 11.3 Å². The van der Waals surface area contributed by atoms with E-state index in [0.717, 1.165) is 20.8 Å². The molecular weight excluding hydrogens is 447 g/mol. The van der Waals surface area contributed by atoms with Gasteiger partial charge in [-0.3, -0.25) is 0 Å². The summed E-state index contributed by atoms with van der Waals surface area (Å²) in [5.74, 6) is -0.602. The predicted molar refractivity (Wildman–Crippen MR) is 89.4 cm³/mol. The van der Waals surface area contributed by atoms with Crippen LogP contribution in [0.1, 0.15) is 4.88 Å². The molecule has 1 heterocycles. The second kappa shape index (κ2) is 6.74. The van der Waals surface area contributed by atoms with E-state index in [1.807, 2.05) is 12.1 Å². The average Bonchev–Trinajstić information content (AvgIpc) is 2.79. The van der Waals surface area contributed by atoms with Crippen molar-refractivity contribution in [3.8, 4) is 0 Å². The van der Waals surface area contributed by atoms with Crippen LogP contribution in [0.4, 0.5) is 10.1 Å². The first kappa shape index (κ1) is 16.9. The molecule has 0 bridgehead atoms. The smallest absolute Gasteiger partial charge is 0.242 e. The lowest BCUT2D eigenvalue weighted by Gasteiger charge is -2.09. The molecule has 0 saturated carbocycles. The maximum absolute atomic E-state index is 13.3. The molecule has 1 aromatic carbocycles. The van der Waals surface area contributed by atoms with Crippen LogP contribution < -0.4 is 10.5 Å². The van der Waals surface area contributed by atoms with E-state index in [0.29, 0.717) is 6.42 Å². The first-order valence-corrected chi connectivity index (χ1v) is 9.66. The van der Waals surface area contributed by atoms with Crippen LogP contribution in [0.15, 0.2) is 37.4 Å². The second-order valence-corrected chi connectivity index (χ2v) is 9.30. The van der Waals surface area contributed by atoms with Gasteiger partial charge in [-0.2, -0.15) is 0 Å². The molecule has 0 amide bonds. The lowest BCUT2D eigenvalue weighted by Crippen LogP contribution is -2.26. The summed E-state index contributed by atoms with van der Waals surface area (Å²) in [4.78, 5) is 0.918. The van der Waals surface area contributed by atoms with E-state index >= 15 is 0 Å². The molecule has 2 rings (SSSR count). The summed E-state index contributed by atoms with van der Waals surface area (Å²) in [7, 11) is -3.77. The standard InChI is InChI=1S/C12H11Br2FN2O2S2/c13-8-5-11(10(16)6-9(8)15)21(18,19)17-4-3-7-1-2-12(14)20-7/h1-2,5-6,17H,3-4,16H2. The molecule has 9 heteroatoms. The van der Waals surface area contributed by atoms with E-state index in [1.165, 1.54) is 0 Å². The number of benzene rings is 1. The minimum Gasteiger partial charge on any atom is -0.398 e. The predicted octanol–water partition coefficient (Wildman–Crippen LogP) is 3.52. The fourth-order valence-corrected chi connectivity index (χ4v) is 4.80. The summed E-state index contributed by atoms with van der Waals surface area (Å²) in [5, 5.41) is 0. The van der Waals surface area contributed by atoms with Crippen molar-refractivity contribution < 1.29 is 12.8 Å². The van der Waals surface area contributed by atoms with Crippen LogP contribution in [-0.2, 0) is 16.4 Å². The van der Waals surface area contributed by atoms with Crippen LogP contribution in [0.25, 0.3) is 0 Å². The zero-order valence-electron chi connectivity index (χ0n) is 10.6. The minimum absolute atomic E-state index is 0.0549. The van der Waals surface area contributed by atoms with Gasteiger partial charge < -0.3 is 5.73 Å². The number of thiophene rings is 1. The molecule has 0 fully saturated rings. The molecule has 0 aliphatic heterocycles. The Labute approximate surface area is 142 Å². The Hall–Kier alpha value is -0.480. The normalized spacial score (nSPS) is 11.8. The molecule has 0 aliphatic carbocycles. The summed E-state index contributed by atoms with van der Waals surface area (Å²) in [6.07, 6.45) is 0.567. The van der Waals surface area contributed by atoms with Crippen molar-refractivity contribution in [2.24, 2.45) is 0 Å². The van der Waals surface area contributed by atoms with Gasteiger partial charge in [0.05, 0.1) is 13.9 Å². The van der Waals surface area contributed by atoms with Crippen molar-refractivity contribution in [1.82, 2.24) is 4.72 Å². The fourth-order valence-electron chi connectivity index (χ4n) is 1.65. The number of nitrogens with one attached hydrogen (secondary N) is 1. The van der Waals surface area contributed by atoms with E-state index < -0.39 is 15.8 Å². The Morgan fingerprint density at radius 1 is 1.29 bits per heavy atom. The highest BCUT2D eigenvalue weighted by Crippen LogP contribution is 2.26. The molecule has 2 aromatic rings. The summed E-state index contributed by atoms with van der Waals surface area (Å²) in [6, 6.07) is 5.97. The fraction of sp³-hybridized carbons (Fsp3) is 0.167. The van der Waals surface area contributed by atoms with E-state index in [9.17, 15) is 12.8 Å². The van der Waals surface area contributed by atoms with Crippen LogP contribution in [0.3, 0.4) is 0 Å². The molecule has 0 saturated heterocycles. The molecular formula is C12H11Br2FN2O2S2. The molecule has 21 heavy (non-hydrogen) atoms. The van der Waals surface area contributed by atoms with Crippen molar-refractivity contribution in [2.45, 2.75) is 11.3 Å². The number of hydrogen-bond donors (Lipinski definition) is 2. The quantitative estimate of drug-likeness (QED) is 0.674. The Bertz CT molecular complexity index is 763. The van der Waals surface area contributed by atoms with Crippen LogP contribution in [0, 0.1) is 5.82 Å². The Morgan fingerprint density at radius 3 is 2.62 bits per heavy atom. The van der Waals surface area contributed by atoms with Gasteiger partial charge in [-0.1, -0.05) is 0 Å². The highest BCUT2D eigenvalue weighted by molar-refractivity contribution is 9.11. The van der Waals surface area contributed by atoms with Gasteiger partial charge in [-0.05, 0) is 62.5 Å². The first-order chi connectivity index (χ1) is 9.79. The average molecular weight is 458 g/mol. The number of nitrogens with two attached hydrogens (primary N) is 1. The third-order valence-corrected chi connectivity index (χ3v) is 6.44. The van der Waals surface area contributed by atoms with E-state index in [1.54, 1.807) is 11.3 Å². The molecule has 0 radical (unpaired) electrons. The number of hydrogen-bond acceptors (Lipinski definition) is 4. The monoisotopic (exact) mass is 456 g/mol. The molecule has 3 N–H and O–H groups in total. The van der Waals surface area contributed by atoms with Crippen molar-refractivity contribution in [1.29, 1.82) is 0 Å². The van der Waals surface area contributed by atoms with Gasteiger partial charge in [0.1, 0.15) is 10.7 Å². The Kier molecular flexibility index (Phi) is 5.42. The molecule has 0 atom stereocenters. The maximum atomic E-state index is 13.3. The zero-order valence-corrected chi connectivity index (χ0v) is 15.4. The summed E-state index contributed by atoms with van der Waals surface area (Å²) in [5.41, 5.74) is 5.46. The molecule has 0 unspecified atom stereocenters. The highest BCUT2D eigenvalue weighted by Gasteiger charge is 2.19. The van der Waals surface area contributed by atoms with Gasteiger partial charge in [0, 0.05) is 11.4 Å².